The maximum atomic E-state index is 9.63. The van der Waals surface area contributed by atoms with Crippen LogP contribution in [0.3, 0.4) is 0 Å². The van der Waals surface area contributed by atoms with Gasteiger partial charge in [0.15, 0.2) is 0 Å². The monoisotopic (exact) mass is 229 g/mol. The Morgan fingerprint density at radius 1 is 1.19 bits per heavy atom. The van der Waals surface area contributed by atoms with Gasteiger partial charge in [0.25, 0.3) is 0 Å². The first-order chi connectivity index (χ1) is 7.76. The van der Waals surface area contributed by atoms with Crippen LogP contribution in [0.25, 0.3) is 0 Å². The minimum absolute atomic E-state index is 0.0422. The zero-order chi connectivity index (χ0) is 11.4. The average molecular weight is 229 g/mol. The Morgan fingerprint density at radius 2 is 1.94 bits per heavy atom. The Morgan fingerprint density at radius 3 is 2.50 bits per heavy atom. The van der Waals surface area contributed by atoms with Gasteiger partial charge in [-0.15, -0.1) is 0 Å². The molecule has 0 aromatic rings. The summed E-state index contributed by atoms with van der Waals surface area (Å²) in [4.78, 5) is 0. The lowest BCUT2D eigenvalue weighted by Crippen LogP contribution is -2.47. The van der Waals surface area contributed by atoms with Gasteiger partial charge in [-0.25, -0.2) is 0 Å². The summed E-state index contributed by atoms with van der Waals surface area (Å²) in [5.74, 6) is 0. The van der Waals surface area contributed by atoms with E-state index in [1.54, 1.807) is 0 Å². The molecule has 2 unspecified atom stereocenters. The van der Waals surface area contributed by atoms with Crippen LogP contribution in [0.1, 0.15) is 32.1 Å². The lowest BCUT2D eigenvalue weighted by atomic mass is 9.74. The molecule has 0 spiro atoms. The quantitative estimate of drug-likeness (QED) is 0.648. The molecule has 2 rings (SSSR count). The van der Waals surface area contributed by atoms with E-state index in [-0.39, 0.29) is 24.2 Å². The molecule has 0 aromatic carbocycles. The molecular weight excluding hydrogens is 206 g/mol. The van der Waals surface area contributed by atoms with Crippen molar-refractivity contribution in [1.29, 1.82) is 0 Å². The first-order valence-corrected chi connectivity index (χ1v) is 6.36. The molecular formula is C12H23NO3. The standard InChI is InChI=1S/C12H23NO3/c14-9-12(4-2-1-3-5-12)8-13-10-6-16-7-11(10)15/h10-11,13-15H,1-9H2. The van der Waals surface area contributed by atoms with Gasteiger partial charge in [-0.2, -0.15) is 0 Å². The summed E-state index contributed by atoms with van der Waals surface area (Å²) in [5.41, 5.74) is 0.0422. The molecule has 1 saturated carbocycles. The van der Waals surface area contributed by atoms with E-state index in [4.69, 9.17) is 4.74 Å². The topological polar surface area (TPSA) is 61.7 Å². The summed E-state index contributed by atoms with van der Waals surface area (Å²) in [6, 6.07) is 0.0466. The molecule has 16 heavy (non-hydrogen) atoms. The van der Waals surface area contributed by atoms with E-state index in [0.717, 1.165) is 19.4 Å². The van der Waals surface area contributed by atoms with Crippen molar-refractivity contribution in [2.24, 2.45) is 5.41 Å². The highest BCUT2D eigenvalue weighted by atomic mass is 16.5. The van der Waals surface area contributed by atoms with Crippen molar-refractivity contribution in [1.82, 2.24) is 5.32 Å². The first kappa shape index (κ1) is 12.3. The third kappa shape index (κ3) is 2.74. The molecule has 1 aliphatic carbocycles. The van der Waals surface area contributed by atoms with Crippen molar-refractivity contribution in [2.75, 3.05) is 26.4 Å². The Balaban J connectivity index is 1.82. The lowest BCUT2D eigenvalue weighted by molar-refractivity contribution is 0.0710. The zero-order valence-corrected chi connectivity index (χ0v) is 9.82. The molecule has 0 bridgehead atoms. The van der Waals surface area contributed by atoms with Crippen LogP contribution < -0.4 is 5.32 Å². The molecule has 2 aliphatic rings. The Hall–Kier alpha value is -0.160. The number of nitrogens with one attached hydrogen (secondary N) is 1. The van der Waals surface area contributed by atoms with E-state index in [1.807, 2.05) is 0 Å². The SMILES string of the molecule is OCC1(CNC2COCC2O)CCCCC1. The van der Waals surface area contributed by atoms with E-state index in [0.29, 0.717) is 13.2 Å². The third-order valence-corrected chi connectivity index (χ3v) is 4.04. The van der Waals surface area contributed by atoms with Crippen LogP contribution in [0.5, 0.6) is 0 Å². The van der Waals surface area contributed by atoms with Gasteiger partial charge in [0.1, 0.15) is 0 Å². The number of hydrogen-bond acceptors (Lipinski definition) is 4. The lowest BCUT2D eigenvalue weighted by Gasteiger charge is -2.36. The Labute approximate surface area is 97.0 Å². The first-order valence-electron chi connectivity index (χ1n) is 6.36. The van der Waals surface area contributed by atoms with E-state index in [1.165, 1.54) is 19.3 Å². The second-order valence-electron chi connectivity index (χ2n) is 5.31. The van der Waals surface area contributed by atoms with Crippen molar-refractivity contribution in [3.05, 3.63) is 0 Å². The highest BCUT2D eigenvalue weighted by molar-refractivity contribution is 4.88. The van der Waals surface area contributed by atoms with Crippen molar-refractivity contribution in [2.45, 2.75) is 44.2 Å². The molecule has 4 heteroatoms. The summed E-state index contributed by atoms with van der Waals surface area (Å²) >= 11 is 0. The summed E-state index contributed by atoms with van der Waals surface area (Å²) in [7, 11) is 0. The zero-order valence-electron chi connectivity index (χ0n) is 9.82. The van der Waals surface area contributed by atoms with Crippen LogP contribution in [-0.4, -0.2) is 48.7 Å². The smallest absolute Gasteiger partial charge is 0.0948 e. The molecule has 1 saturated heterocycles. The van der Waals surface area contributed by atoms with Gasteiger partial charge in [0.05, 0.1) is 25.4 Å². The van der Waals surface area contributed by atoms with Gasteiger partial charge in [0, 0.05) is 18.6 Å². The maximum Gasteiger partial charge on any atom is 0.0948 e. The summed E-state index contributed by atoms with van der Waals surface area (Å²) in [6.45, 7) is 2.07. The van der Waals surface area contributed by atoms with Crippen LogP contribution in [0, 0.1) is 5.41 Å². The minimum Gasteiger partial charge on any atom is -0.396 e. The summed E-state index contributed by atoms with van der Waals surface area (Å²) < 4.78 is 5.20. The molecule has 3 N–H and O–H groups in total. The molecule has 0 radical (unpaired) electrons. The average Bonchev–Trinajstić information content (AvgIpc) is 2.74. The van der Waals surface area contributed by atoms with Crippen molar-refractivity contribution in [3.63, 3.8) is 0 Å². The van der Waals surface area contributed by atoms with Crippen molar-refractivity contribution >= 4 is 0 Å². The van der Waals surface area contributed by atoms with Gasteiger partial charge in [-0.1, -0.05) is 19.3 Å². The van der Waals surface area contributed by atoms with E-state index in [2.05, 4.69) is 5.32 Å². The Kier molecular flexibility index (Phi) is 4.19. The normalized spacial score (nSPS) is 34.1. The van der Waals surface area contributed by atoms with Crippen molar-refractivity contribution < 1.29 is 14.9 Å². The highest BCUT2D eigenvalue weighted by Gasteiger charge is 2.34. The molecule has 2 atom stereocenters. The molecule has 2 fully saturated rings. The number of hydrogen-bond donors (Lipinski definition) is 3. The summed E-state index contributed by atoms with van der Waals surface area (Å²) in [5, 5.41) is 22.5. The minimum atomic E-state index is -0.390. The second kappa shape index (κ2) is 5.45. The number of aliphatic hydroxyl groups is 2. The highest BCUT2D eigenvalue weighted by Crippen LogP contribution is 2.35. The number of ether oxygens (including phenoxy) is 1. The molecule has 0 amide bonds. The van der Waals surface area contributed by atoms with Gasteiger partial charge >= 0.3 is 0 Å². The van der Waals surface area contributed by atoms with Crippen LogP contribution in [0.2, 0.25) is 0 Å². The predicted octanol–water partition coefficient (Wildman–Crippen LogP) is 0.278. The van der Waals surface area contributed by atoms with Crippen LogP contribution in [0.4, 0.5) is 0 Å². The molecule has 1 aliphatic heterocycles. The van der Waals surface area contributed by atoms with Crippen LogP contribution in [0.15, 0.2) is 0 Å². The fraction of sp³-hybridized carbons (Fsp3) is 1.00. The van der Waals surface area contributed by atoms with Gasteiger partial charge < -0.3 is 20.3 Å². The van der Waals surface area contributed by atoms with Crippen LogP contribution >= 0.6 is 0 Å². The number of aliphatic hydroxyl groups excluding tert-OH is 2. The van der Waals surface area contributed by atoms with Gasteiger partial charge in [-0.3, -0.25) is 0 Å². The second-order valence-corrected chi connectivity index (χ2v) is 5.31. The maximum absolute atomic E-state index is 9.63. The van der Waals surface area contributed by atoms with E-state index in [9.17, 15) is 10.2 Å². The van der Waals surface area contributed by atoms with Gasteiger partial charge in [0.2, 0.25) is 0 Å². The van der Waals surface area contributed by atoms with Crippen molar-refractivity contribution in [3.8, 4) is 0 Å². The molecule has 0 aromatic heterocycles. The largest absolute Gasteiger partial charge is 0.396 e. The summed E-state index contributed by atoms with van der Waals surface area (Å²) in [6.07, 6.45) is 5.52. The van der Waals surface area contributed by atoms with Crippen LogP contribution in [-0.2, 0) is 4.74 Å². The fourth-order valence-electron chi connectivity index (χ4n) is 2.78. The molecule has 4 nitrogen and oxygen atoms in total. The molecule has 94 valence electrons. The number of rotatable bonds is 4. The molecule has 1 heterocycles. The Bertz CT molecular complexity index is 216. The fourth-order valence-corrected chi connectivity index (χ4v) is 2.78. The van der Waals surface area contributed by atoms with E-state index < -0.39 is 0 Å². The third-order valence-electron chi connectivity index (χ3n) is 4.04. The predicted molar refractivity (Wildman–Crippen MR) is 61.2 cm³/mol. The van der Waals surface area contributed by atoms with Gasteiger partial charge in [-0.05, 0) is 12.8 Å². The van der Waals surface area contributed by atoms with E-state index >= 15 is 0 Å².